The minimum absolute atomic E-state index is 0.127. The van der Waals surface area contributed by atoms with Crippen molar-refractivity contribution in [1.82, 2.24) is 15.0 Å². The van der Waals surface area contributed by atoms with E-state index in [9.17, 15) is 9.90 Å². The lowest BCUT2D eigenvalue weighted by molar-refractivity contribution is -0.0143. The van der Waals surface area contributed by atoms with Gasteiger partial charge in [-0.25, -0.2) is 9.97 Å². The van der Waals surface area contributed by atoms with Crippen LogP contribution in [0.4, 0.5) is 5.82 Å². The van der Waals surface area contributed by atoms with Crippen LogP contribution in [0.25, 0.3) is 11.4 Å². The van der Waals surface area contributed by atoms with Crippen LogP contribution in [-0.4, -0.2) is 32.2 Å². The molecule has 2 heterocycles. The van der Waals surface area contributed by atoms with Gasteiger partial charge in [-0.1, -0.05) is 20.8 Å². The highest BCUT2D eigenvalue weighted by molar-refractivity contribution is 5.56. The van der Waals surface area contributed by atoms with E-state index >= 15 is 0 Å². The number of pyridine rings is 1. The number of H-pyrrole nitrogens is 1. The Hall–Kier alpha value is -2.21. The van der Waals surface area contributed by atoms with E-state index in [2.05, 4.69) is 41.0 Å². The van der Waals surface area contributed by atoms with Crippen molar-refractivity contribution in [2.24, 2.45) is 11.3 Å². The molecular weight excluding hydrogens is 352 g/mol. The molecule has 1 aliphatic carbocycles. The van der Waals surface area contributed by atoms with Crippen molar-refractivity contribution in [2.75, 3.05) is 11.9 Å². The first-order valence-corrected chi connectivity index (χ1v) is 10.1. The maximum Gasteiger partial charge on any atom is 0.254 e. The lowest BCUT2D eigenvalue weighted by atomic mass is 9.68. The van der Waals surface area contributed by atoms with E-state index in [4.69, 9.17) is 0 Å². The molecule has 0 spiro atoms. The number of aromatic amines is 1. The van der Waals surface area contributed by atoms with Gasteiger partial charge < -0.3 is 15.4 Å². The molecule has 28 heavy (non-hydrogen) atoms. The molecule has 0 unspecified atom stereocenters. The molecule has 0 atom stereocenters. The van der Waals surface area contributed by atoms with Crippen LogP contribution in [0.2, 0.25) is 0 Å². The highest BCUT2D eigenvalue weighted by Gasteiger charge is 2.37. The van der Waals surface area contributed by atoms with Crippen molar-refractivity contribution in [3.8, 4) is 11.4 Å². The van der Waals surface area contributed by atoms with Gasteiger partial charge in [0, 0.05) is 29.6 Å². The Morgan fingerprint density at radius 3 is 2.46 bits per heavy atom. The van der Waals surface area contributed by atoms with E-state index in [0.717, 1.165) is 31.2 Å². The fourth-order valence-electron chi connectivity index (χ4n) is 3.87. The van der Waals surface area contributed by atoms with Crippen LogP contribution in [0.15, 0.2) is 23.1 Å². The van der Waals surface area contributed by atoms with Crippen molar-refractivity contribution in [1.29, 1.82) is 0 Å². The molecule has 0 saturated heterocycles. The highest BCUT2D eigenvalue weighted by Crippen LogP contribution is 2.41. The largest absolute Gasteiger partial charge is 0.388 e. The number of anilines is 1. The smallest absolute Gasteiger partial charge is 0.254 e. The summed E-state index contributed by atoms with van der Waals surface area (Å²) in [6.45, 7) is 10.9. The third-order valence-corrected chi connectivity index (χ3v) is 6.17. The molecule has 2 aromatic heterocycles. The zero-order chi connectivity index (χ0) is 20.5. The second kappa shape index (κ2) is 7.66. The summed E-state index contributed by atoms with van der Waals surface area (Å²) in [5.41, 5.74) is 1.60. The number of aromatic nitrogens is 3. The van der Waals surface area contributed by atoms with Crippen LogP contribution in [0.5, 0.6) is 0 Å². The quantitative estimate of drug-likeness (QED) is 0.745. The van der Waals surface area contributed by atoms with Gasteiger partial charge in [-0.3, -0.25) is 4.79 Å². The van der Waals surface area contributed by atoms with Gasteiger partial charge in [-0.05, 0) is 63.0 Å². The lowest BCUT2D eigenvalue weighted by Crippen LogP contribution is -2.42. The molecule has 0 aromatic carbocycles. The Morgan fingerprint density at radius 1 is 1.25 bits per heavy atom. The molecule has 3 N–H and O–H groups in total. The molecule has 152 valence electrons. The van der Waals surface area contributed by atoms with Crippen molar-refractivity contribution in [2.45, 2.75) is 65.9 Å². The summed E-state index contributed by atoms with van der Waals surface area (Å²) in [5, 5.41) is 14.2. The van der Waals surface area contributed by atoms with Crippen molar-refractivity contribution in [3.63, 3.8) is 0 Å². The molecule has 1 fully saturated rings. The Kier molecular flexibility index (Phi) is 5.62. The van der Waals surface area contributed by atoms with Crippen LogP contribution in [0.1, 0.15) is 57.7 Å². The number of hydrogen-bond donors (Lipinski definition) is 3. The normalized spacial score (nSPS) is 22.9. The third kappa shape index (κ3) is 4.61. The number of rotatable bonds is 4. The zero-order valence-electron chi connectivity index (χ0n) is 17.6. The van der Waals surface area contributed by atoms with Crippen LogP contribution in [-0.2, 0) is 0 Å². The Labute approximate surface area is 166 Å². The van der Waals surface area contributed by atoms with Gasteiger partial charge in [0.05, 0.1) is 5.60 Å². The first-order valence-electron chi connectivity index (χ1n) is 10.1. The van der Waals surface area contributed by atoms with Crippen molar-refractivity contribution in [3.05, 3.63) is 39.9 Å². The van der Waals surface area contributed by atoms with Gasteiger partial charge in [-0.15, -0.1) is 0 Å². The summed E-state index contributed by atoms with van der Waals surface area (Å²) in [4.78, 5) is 23.6. The predicted molar refractivity (Wildman–Crippen MR) is 112 cm³/mol. The molecule has 3 rings (SSSR count). The molecule has 1 saturated carbocycles. The van der Waals surface area contributed by atoms with Gasteiger partial charge in [0.15, 0.2) is 0 Å². The van der Waals surface area contributed by atoms with Gasteiger partial charge in [0.2, 0.25) is 0 Å². The zero-order valence-corrected chi connectivity index (χ0v) is 17.6. The van der Waals surface area contributed by atoms with Gasteiger partial charge in [-0.2, -0.15) is 0 Å². The maximum atomic E-state index is 11.9. The first kappa shape index (κ1) is 20.5. The summed E-state index contributed by atoms with van der Waals surface area (Å²) in [7, 11) is 0. The van der Waals surface area contributed by atoms with E-state index in [1.54, 1.807) is 13.1 Å². The average Bonchev–Trinajstić information content (AvgIpc) is 2.64. The topological polar surface area (TPSA) is 90.9 Å². The fraction of sp³-hybridized carbons (Fsp3) is 0.591. The van der Waals surface area contributed by atoms with E-state index in [1.807, 2.05) is 19.1 Å². The summed E-state index contributed by atoms with van der Waals surface area (Å²) in [6, 6.07) is 3.73. The van der Waals surface area contributed by atoms with E-state index < -0.39 is 5.60 Å². The summed E-state index contributed by atoms with van der Waals surface area (Å²) >= 11 is 0. The van der Waals surface area contributed by atoms with Crippen LogP contribution in [0, 0.1) is 25.2 Å². The van der Waals surface area contributed by atoms with Crippen LogP contribution in [0.3, 0.4) is 0 Å². The Balaban J connectivity index is 1.62. The van der Waals surface area contributed by atoms with Crippen LogP contribution < -0.4 is 10.9 Å². The average molecular weight is 385 g/mol. The SMILES string of the molecule is Cc1nc(-c2ccc(NCC3(O)CCC(C(C)(C)C)CC3)nc2)[nH]c(=O)c1C. The molecule has 2 aromatic rings. The summed E-state index contributed by atoms with van der Waals surface area (Å²) in [6.07, 6.45) is 5.43. The molecule has 0 bridgehead atoms. The lowest BCUT2D eigenvalue weighted by Gasteiger charge is -2.41. The molecule has 6 heteroatoms. The van der Waals surface area contributed by atoms with Gasteiger partial charge >= 0.3 is 0 Å². The predicted octanol–water partition coefficient (Wildman–Crippen LogP) is 3.83. The van der Waals surface area contributed by atoms with E-state index in [-0.39, 0.29) is 5.56 Å². The summed E-state index contributed by atoms with van der Waals surface area (Å²) < 4.78 is 0. The van der Waals surface area contributed by atoms with Crippen molar-refractivity contribution < 1.29 is 5.11 Å². The number of aryl methyl sites for hydroxylation is 1. The number of nitrogens with zero attached hydrogens (tertiary/aromatic N) is 2. The molecule has 6 nitrogen and oxygen atoms in total. The standard InChI is InChI=1S/C22H32N4O2/c1-14-15(2)25-19(26-20(14)27)16-6-7-18(23-12-16)24-13-22(28)10-8-17(9-11-22)21(3,4)5/h6-7,12,17,28H,8-11,13H2,1-5H3,(H,23,24)(H,25,26,27). The van der Waals surface area contributed by atoms with Gasteiger partial charge in [0.25, 0.3) is 5.56 Å². The van der Waals surface area contributed by atoms with E-state index in [0.29, 0.717) is 40.8 Å². The number of nitrogens with one attached hydrogen (secondary N) is 2. The van der Waals surface area contributed by atoms with Crippen molar-refractivity contribution >= 4 is 5.82 Å². The van der Waals surface area contributed by atoms with Crippen LogP contribution >= 0.6 is 0 Å². The minimum atomic E-state index is -0.678. The first-order chi connectivity index (χ1) is 13.1. The van der Waals surface area contributed by atoms with Gasteiger partial charge in [0.1, 0.15) is 11.6 Å². The molecule has 0 aliphatic heterocycles. The Morgan fingerprint density at radius 2 is 1.93 bits per heavy atom. The second-order valence-electron chi connectivity index (χ2n) is 9.28. The summed E-state index contributed by atoms with van der Waals surface area (Å²) in [5.74, 6) is 1.89. The number of hydrogen-bond acceptors (Lipinski definition) is 5. The third-order valence-electron chi connectivity index (χ3n) is 6.17. The molecule has 0 amide bonds. The monoisotopic (exact) mass is 384 g/mol. The van der Waals surface area contributed by atoms with E-state index in [1.165, 1.54) is 0 Å². The second-order valence-corrected chi connectivity index (χ2v) is 9.28. The number of aliphatic hydroxyl groups is 1. The molecular formula is C22H32N4O2. The maximum absolute atomic E-state index is 11.9. The molecule has 1 aliphatic rings. The minimum Gasteiger partial charge on any atom is -0.388 e. The molecule has 0 radical (unpaired) electrons. The Bertz CT molecular complexity index is 873. The highest BCUT2D eigenvalue weighted by atomic mass is 16.3. The fourth-order valence-corrected chi connectivity index (χ4v) is 3.87.